The van der Waals surface area contributed by atoms with Crippen LogP contribution in [0.5, 0.6) is 5.75 Å². The Morgan fingerprint density at radius 3 is 2.39 bits per heavy atom. The Hall–Kier alpha value is -2.70. The molecule has 2 N–H and O–H groups in total. The molecule has 6 heteroatoms. The molecule has 2 heterocycles. The van der Waals surface area contributed by atoms with Crippen LogP contribution >= 0.6 is 0 Å². The smallest absolute Gasteiger partial charge is 0.228 e. The molecule has 0 bridgehead atoms. The molecule has 0 aliphatic carbocycles. The number of nitrogens with zero attached hydrogens (tertiary/aromatic N) is 2. The van der Waals surface area contributed by atoms with Crippen molar-refractivity contribution in [2.45, 2.75) is 66.9 Å². The molecule has 6 nitrogen and oxygen atoms in total. The molecule has 0 amide bonds. The highest BCUT2D eigenvalue weighted by Crippen LogP contribution is 2.35. The molecule has 33 heavy (non-hydrogen) atoms. The monoisotopic (exact) mass is 452 g/mol. The number of ether oxygens (including phenoxy) is 1. The number of benzene rings is 1. The van der Waals surface area contributed by atoms with Crippen molar-refractivity contribution in [2.75, 3.05) is 13.2 Å². The fraction of sp³-hybridized carbons (Fsp3) is 0.481. The average molecular weight is 453 g/mol. The van der Waals surface area contributed by atoms with Gasteiger partial charge in [-0.15, -0.1) is 0 Å². The maximum absolute atomic E-state index is 9.67. The molecule has 1 aromatic carbocycles. The van der Waals surface area contributed by atoms with E-state index in [4.69, 9.17) is 19.2 Å². The molecule has 0 saturated carbocycles. The van der Waals surface area contributed by atoms with Crippen molar-refractivity contribution >= 4 is 0 Å². The molecule has 0 spiro atoms. The summed E-state index contributed by atoms with van der Waals surface area (Å²) in [6.07, 6.45) is 3.39. The Labute approximate surface area is 196 Å². The van der Waals surface area contributed by atoms with Crippen molar-refractivity contribution in [2.24, 2.45) is 5.92 Å². The maximum atomic E-state index is 9.67. The minimum Gasteiger partial charge on any atom is -0.490 e. The van der Waals surface area contributed by atoms with Crippen molar-refractivity contribution in [3.05, 3.63) is 52.5 Å². The number of pyridine rings is 1. The van der Waals surface area contributed by atoms with E-state index in [-0.39, 0.29) is 13.2 Å². The van der Waals surface area contributed by atoms with E-state index in [2.05, 4.69) is 44.8 Å². The molecule has 0 radical (unpaired) electrons. The lowest BCUT2D eigenvalue weighted by molar-refractivity contribution is 0.0531. The molecule has 0 aliphatic heterocycles. The van der Waals surface area contributed by atoms with Gasteiger partial charge in [0.05, 0.1) is 12.2 Å². The summed E-state index contributed by atoms with van der Waals surface area (Å²) in [6, 6.07) is 6.26. The van der Waals surface area contributed by atoms with Gasteiger partial charge in [0.1, 0.15) is 29.9 Å². The molecular formula is C27H36N2O4. The number of aliphatic hydroxyl groups excluding tert-OH is 2. The maximum Gasteiger partial charge on any atom is 0.228 e. The summed E-state index contributed by atoms with van der Waals surface area (Å²) in [6.45, 7) is 12.3. The van der Waals surface area contributed by atoms with E-state index in [1.54, 1.807) is 0 Å². The van der Waals surface area contributed by atoms with Crippen LogP contribution < -0.4 is 4.74 Å². The highest BCUT2D eigenvalue weighted by Gasteiger charge is 2.19. The standard InChI is InChI=1S/C27H36N2O4/c1-7-19-11-21(10-17(5)26(19)32-15-23(31)14-30)25-24(8-2)33-27(29-25)22-12-20(9-16(3)4)18(6)28-13-22/h10-13,16,23,30-31H,7-9,14-15H2,1-6H3. The van der Waals surface area contributed by atoms with Gasteiger partial charge in [-0.1, -0.05) is 27.7 Å². The van der Waals surface area contributed by atoms with Crippen LogP contribution in [-0.4, -0.2) is 39.5 Å². The molecule has 2 aromatic heterocycles. The molecule has 0 fully saturated rings. The Morgan fingerprint density at radius 2 is 1.76 bits per heavy atom. The summed E-state index contributed by atoms with van der Waals surface area (Å²) in [5.74, 6) is 2.71. The van der Waals surface area contributed by atoms with Crippen molar-refractivity contribution in [3.63, 3.8) is 0 Å². The quantitative estimate of drug-likeness (QED) is 0.446. The highest BCUT2D eigenvalue weighted by atomic mass is 16.5. The molecule has 3 aromatic rings. The van der Waals surface area contributed by atoms with Crippen LogP contribution in [-0.2, 0) is 19.3 Å². The van der Waals surface area contributed by atoms with Gasteiger partial charge in [0, 0.05) is 23.9 Å². The Kier molecular flexibility index (Phi) is 8.27. The zero-order valence-electron chi connectivity index (χ0n) is 20.6. The van der Waals surface area contributed by atoms with Crippen LogP contribution in [0.3, 0.4) is 0 Å². The normalized spacial score (nSPS) is 12.4. The van der Waals surface area contributed by atoms with E-state index in [1.165, 1.54) is 5.56 Å². The van der Waals surface area contributed by atoms with E-state index < -0.39 is 6.10 Å². The molecule has 1 atom stereocenters. The predicted octanol–water partition coefficient (Wildman–Crippen LogP) is 5.08. The van der Waals surface area contributed by atoms with Gasteiger partial charge in [-0.05, 0) is 67.5 Å². The Balaban J connectivity index is 2.00. The number of aromatic nitrogens is 2. The molecule has 178 valence electrons. The fourth-order valence-electron chi connectivity index (χ4n) is 3.97. The van der Waals surface area contributed by atoms with Gasteiger partial charge in [0.2, 0.25) is 5.89 Å². The van der Waals surface area contributed by atoms with Gasteiger partial charge in [-0.2, -0.15) is 0 Å². The zero-order valence-corrected chi connectivity index (χ0v) is 20.6. The van der Waals surface area contributed by atoms with Crippen LogP contribution in [0.25, 0.3) is 22.7 Å². The van der Waals surface area contributed by atoms with Crippen molar-refractivity contribution in [3.8, 4) is 28.5 Å². The molecule has 3 rings (SSSR count). The summed E-state index contributed by atoms with van der Waals surface area (Å²) in [7, 11) is 0. The van der Waals surface area contributed by atoms with Gasteiger partial charge in [-0.25, -0.2) is 4.98 Å². The minimum atomic E-state index is -0.901. The highest BCUT2D eigenvalue weighted by molar-refractivity contribution is 5.69. The van der Waals surface area contributed by atoms with Gasteiger partial charge < -0.3 is 19.4 Å². The molecule has 0 aliphatic rings. The number of hydrogen-bond donors (Lipinski definition) is 2. The second-order valence-electron chi connectivity index (χ2n) is 8.99. The lowest BCUT2D eigenvalue weighted by Crippen LogP contribution is -2.22. The Morgan fingerprint density at radius 1 is 1.03 bits per heavy atom. The molecule has 0 saturated heterocycles. The van der Waals surface area contributed by atoms with Gasteiger partial charge >= 0.3 is 0 Å². The lowest BCUT2D eigenvalue weighted by Gasteiger charge is -2.16. The second-order valence-corrected chi connectivity index (χ2v) is 8.99. The predicted molar refractivity (Wildman–Crippen MR) is 131 cm³/mol. The summed E-state index contributed by atoms with van der Waals surface area (Å²) < 4.78 is 12.0. The third kappa shape index (κ3) is 5.81. The summed E-state index contributed by atoms with van der Waals surface area (Å²) in [4.78, 5) is 9.47. The van der Waals surface area contributed by atoms with E-state index in [1.807, 2.05) is 26.1 Å². The van der Waals surface area contributed by atoms with E-state index in [0.717, 1.165) is 64.4 Å². The molecular weight excluding hydrogens is 416 g/mol. The average Bonchev–Trinajstić information content (AvgIpc) is 3.23. The van der Waals surface area contributed by atoms with Gasteiger partial charge in [0.15, 0.2) is 0 Å². The van der Waals surface area contributed by atoms with E-state index in [0.29, 0.717) is 11.8 Å². The van der Waals surface area contributed by atoms with Gasteiger partial charge in [0.25, 0.3) is 0 Å². The first-order valence-corrected chi connectivity index (χ1v) is 11.8. The first kappa shape index (κ1) is 24.9. The van der Waals surface area contributed by atoms with Crippen LogP contribution in [0.1, 0.15) is 55.8 Å². The first-order valence-electron chi connectivity index (χ1n) is 11.8. The minimum absolute atomic E-state index is 0.0527. The van der Waals surface area contributed by atoms with E-state index in [9.17, 15) is 5.11 Å². The summed E-state index contributed by atoms with van der Waals surface area (Å²) in [5.41, 5.74) is 6.95. The molecule has 1 unspecified atom stereocenters. The topological polar surface area (TPSA) is 88.6 Å². The second kappa shape index (κ2) is 10.9. The number of rotatable bonds is 10. The number of aliphatic hydroxyl groups is 2. The third-order valence-electron chi connectivity index (χ3n) is 5.72. The van der Waals surface area contributed by atoms with Crippen LogP contribution in [0.2, 0.25) is 0 Å². The number of hydrogen-bond acceptors (Lipinski definition) is 6. The fourth-order valence-corrected chi connectivity index (χ4v) is 3.97. The van der Waals surface area contributed by atoms with E-state index >= 15 is 0 Å². The van der Waals surface area contributed by atoms with Crippen LogP contribution in [0.15, 0.2) is 28.8 Å². The van der Waals surface area contributed by atoms with Gasteiger partial charge in [-0.3, -0.25) is 4.98 Å². The van der Waals surface area contributed by atoms with Crippen molar-refractivity contribution in [1.29, 1.82) is 0 Å². The third-order valence-corrected chi connectivity index (χ3v) is 5.72. The SMILES string of the molecule is CCc1cc(-c2nc(-c3cnc(C)c(CC(C)C)c3)oc2CC)cc(C)c1OCC(O)CO. The zero-order chi connectivity index (χ0) is 24.1. The van der Waals surface area contributed by atoms with Crippen molar-refractivity contribution in [1.82, 2.24) is 9.97 Å². The summed E-state index contributed by atoms with van der Waals surface area (Å²) >= 11 is 0. The largest absolute Gasteiger partial charge is 0.490 e. The lowest BCUT2D eigenvalue weighted by atomic mass is 9.99. The number of aryl methyl sites for hydroxylation is 4. The van der Waals surface area contributed by atoms with Crippen molar-refractivity contribution < 1.29 is 19.4 Å². The van der Waals surface area contributed by atoms with Crippen LogP contribution in [0.4, 0.5) is 0 Å². The first-order chi connectivity index (χ1) is 15.8. The number of oxazole rings is 1. The summed E-state index contributed by atoms with van der Waals surface area (Å²) in [5, 5.41) is 18.7. The Bertz CT molecular complexity index is 1090. The van der Waals surface area contributed by atoms with Crippen LogP contribution in [0, 0.1) is 19.8 Å².